The molecule has 0 aliphatic heterocycles. The van der Waals surface area contributed by atoms with Crippen LogP contribution in [0.5, 0.6) is 0 Å². The maximum absolute atomic E-state index is 13.0. The SMILES string of the molecule is FC(F)(F)c1cccc(-c2ccc(CBr)c(C(F)(F)F)c2)c1. The van der Waals surface area contributed by atoms with Crippen LogP contribution in [0.15, 0.2) is 42.5 Å². The van der Waals surface area contributed by atoms with Gasteiger partial charge in [0.05, 0.1) is 11.1 Å². The van der Waals surface area contributed by atoms with Gasteiger partial charge in [-0.25, -0.2) is 0 Å². The minimum Gasteiger partial charge on any atom is -0.166 e. The molecule has 2 aromatic rings. The molecule has 2 aromatic carbocycles. The average Bonchev–Trinajstić information content (AvgIpc) is 2.45. The summed E-state index contributed by atoms with van der Waals surface area (Å²) < 4.78 is 77.1. The van der Waals surface area contributed by atoms with Crippen LogP contribution in [-0.4, -0.2) is 0 Å². The monoisotopic (exact) mass is 382 g/mol. The predicted octanol–water partition coefficient (Wildman–Crippen LogP) is 6.29. The Bertz CT molecular complexity index is 672. The molecule has 0 aliphatic carbocycles. The minimum absolute atomic E-state index is 0.00468. The van der Waals surface area contributed by atoms with Gasteiger partial charge in [-0.1, -0.05) is 40.2 Å². The van der Waals surface area contributed by atoms with Gasteiger partial charge in [0.25, 0.3) is 0 Å². The van der Waals surface area contributed by atoms with E-state index < -0.39 is 23.5 Å². The second kappa shape index (κ2) is 5.95. The van der Waals surface area contributed by atoms with E-state index in [9.17, 15) is 26.3 Å². The van der Waals surface area contributed by atoms with Gasteiger partial charge in [-0.15, -0.1) is 0 Å². The Morgan fingerprint density at radius 1 is 0.773 bits per heavy atom. The smallest absolute Gasteiger partial charge is 0.166 e. The van der Waals surface area contributed by atoms with Gasteiger partial charge in [-0.05, 0) is 34.9 Å². The van der Waals surface area contributed by atoms with Crippen LogP contribution in [0.3, 0.4) is 0 Å². The number of hydrogen-bond donors (Lipinski definition) is 0. The van der Waals surface area contributed by atoms with E-state index in [1.54, 1.807) is 0 Å². The molecule has 0 radical (unpaired) electrons. The fourth-order valence-electron chi connectivity index (χ4n) is 2.01. The number of alkyl halides is 7. The van der Waals surface area contributed by atoms with Gasteiger partial charge in [0.1, 0.15) is 0 Å². The van der Waals surface area contributed by atoms with Gasteiger partial charge in [0, 0.05) is 5.33 Å². The van der Waals surface area contributed by atoms with Crippen molar-refractivity contribution in [3.8, 4) is 11.1 Å². The molecule has 0 heterocycles. The zero-order chi connectivity index (χ0) is 16.5. The number of hydrogen-bond acceptors (Lipinski definition) is 0. The lowest BCUT2D eigenvalue weighted by molar-refractivity contribution is -0.138. The second-order valence-electron chi connectivity index (χ2n) is 4.58. The largest absolute Gasteiger partial charge is 0.416 e. The molecule has 0 unspecified atom stereocenters. The first-order valence-corrected chi connectivity index (χ1v) is 7.19. The number of benzene rings is 2. The summed E-state index contributed by atoms with van der Waals surface area (Å²) in [7, 11) is 0. The van der Waals surface area contributed by atoms with Crippen molar-refractivity contribution in [3.63, 3.8) is 0 Å². The Hall–Kier alpha value is -1.50. The van der Waals surface area contributed by atoms with Crippen molar-refractivity contribution in [2.75, 3.05) is 0 Å². The molecular formula is C15H9BrF6. The molecular weight excluding hydrogens is 374 g/mol. The van der Waals surface area contributed by atoms with Crippen LogP contribution in [0.2, 0.25) is 0 Å². The number of rotatable bonds is 2. The van der Waals surface area contributed by atoms with Crippen molar-refractivity contribution in [2.24, 2.45) is 0 Å². The van der Waals surface area contributed by atoms with Crippen LogP contribution < -0.4 is 0 Å². The summed E-state index contributed by atoms with van der Waals surface area (Å²) in [5.41, 5.74) is -1.56. The molecule has 22 heavy (non-hydrogen) atoms. The van der Waals surface area contributed by atoms with Crippen LogP contribution in [0, 0.1) is 0 Å². The topological polar surface area (TPSA) is 0 Å². The maximum atomic E-state index is 13.0. The highest BCUT2D eigenvalue weighted by Crippen LogP contribution is 2.37. The summed E-state index contributed by atoms with van der Waals surface area (Å²) in [6.45, 7) is 0. The standard InChI is InChI=1S/C15H9BrF6/c16-8-11-5-4-10(7-13(11)15(20,21)22)9-2-1-3-12(6-9)14(17,18)19/h1-7H,8H2. The Morgan fingerprint density at radius 2 is 1.41 bits per heavy atom. The molecule has 0 bridgehead atoms. The van der Waals surface area contributed by atoms with Crippen LogP contribution in [0.1, 0.15) is 16.7 Å². The van der Waals surface area contributed by atoms with Crippen molar-refractivity contribution in [3.05, 3.63) is 59.2 Å². The lowest BCUT2D eigenvalue weighted by atomic mass is 9.98. The normalized spacial score (nSPS) is 12.5. The average molecular weight is 383 g/mol. The molecule has 0 amide bonds. The third-order valence-electron chi connectivity index (χ3n) is 3.08. The van der Waals surface area contributed by atoms with Gasteiger partial charge < -0.3 is 0 Å². The summed E-state index contributed by atoms with van der Waals surface area (Å²) >= 11 is 2.97. The van der Waals surface area contributed by atoms with E-state index in [-0.39, 0.29) is 22.0 Å². The molecule has 0 aromatic heterocycles. The van der Waals surface area contributed by atoms with E-state index >= 15 is 0 Å². The summed E-state index contributed by atoms with van der Waals surface area (Å²) in [5.74, 6) is 0. The van der Waals surface area contributed by atoms with Crippen LogP contribution >= 0.6 is 15.9 Å². The van der Waals surface area contributed by atoms with E-state index in [2.05, 4.69) is 15.9 Å². The Kier molecular flexibility index (Phi) is 4.56. The van der Waals surface area contributed by atoms with Gasteiger partial charge in [0.2, 0.25) is 0 Å². The third-order valence-corrected chi connectivity index (χ3v) is 3.69. The first-order chi connectivity index (χ1) is 10.1. The first kappa shape index (κ1) is 16.9. The molecule has 0 atom stereocenters. The highest BCUT2D eigenvalue weighted by Gasteiger charge is 2.34. The van der Waals surface area contributed by atoms with Gasteiger partial charge in [0.15, 0.2) is 0 Å². The first-order valence-electron chi connectivity index (χ1n) is 6.06. The highest BCUT2D eigenvalue weighted by atomic mass is 79.9. The highest BCUT2D eigenvalue weighted by molar-refractivity contribution is 9.08. The van der Waals surface area contributed by atoms with Gasteiger partial charge in [-0.2, -0.15) is 26.3 Å². The lowest BCUT2D eigenvalue weighted by Gasteiger charge is -2.14. The van der Waals surface area contributed by atoms with E-state index in [0.29, 0.717) is 0 Å². The second-order valence-corrected chi connectivity index (χ2v) is 5.14. The molecule has 7 heteroatoms. The van der Waals surface area contributed by atoms with E-state index in [0.717, 1.165) is 18.2 Å². The van der Waals surface area contributed by atoms with Crippen molar-refractivity contribution >= 4 is 15.9 Å². The molecule has 0 spiro atoms. The molecule has 0 aliphatic rings. The summed E-state index contributed by atoms with van der Waals surface area (Å²) in [6.07, 6.45) is -9.11. The quantitative estimate of drug-likeness (QED) is 0.423. The zero-order valence-corrected chi connectivity index (χ0v) is 12.5. The molecule has 118 valence electrons. The summed E-state index contributed by atoms with van der Waals surface area (Å²) in [5, 5.41) is 0.00468. The van der Waals surface area contributed by atoms with Crippen molar-refractivity contribution in [2.45, 2.75) is 17.7 Å². The molecule has 0 saturated carbocycles. The molecule has 2 rings (SSSR count). The Labute approximate surface area is 130 Å². The maximum Gasteiger partial charge on any atom is 0.416 e. The van der Waals surface area contributed by atoms with Crippen molar-refractivity contribution < 1.29 is 26.3 Å². The van der Waals surface area contributed by atoms with Crippen molar-refractivity contribution in [1.82, 2.24) is 0 Å². The van der Waals surface area contributed by atoms with Crippen LogP contribution in [0.4, 0.5) is 26.3 Å². The van der Waals surface area contributed by atoms with E-state index in [1.807, 2.05) is 0 Å². The molecule has 0 N–H and O–H groups in total. The summed E-state index contributed by atoms with van der Waals surface area (Å²) in [4.78, 5) is 0. The van der Waals surface area contributed by atoms with E-state index in [1.165, 1.54) is 24.3 Å². The fourth-order valence-corrected chi connectivity index (χ4v) is 2.50. The van der Waals surface area contributed by atoms with Gasteiger partial charge >= 0.3 is 12.4 Å². The minimum atomic E-state index is -4.57. The van der Waals surface area contributed by atoms with E-state index in [4.69, 9.17) is 0 Å². The molecule has 0 saturated heterocycles. The third kappa shape index (κ3) is 3.63. The lowest BCUT2D eigenvalue weighted by Crippen LogP contribution is -2.09. The van der Waals surface area contributed by atoms with Crippen molar-refractivity contribution in [1.29, 1.82) is 0 Å². The molecule has 0 fully saturated rings. The summed E-state index contributed by atoms with van der Waals surface area (Å²) in [6, 6.07) is 7.73. The zero-order valence-electron chi connectivity index (χ0n) is 10.9. The number of halogens is 7. The van der Waals surface area contributed by atoms with Gasteiger partial charge in [-0.3, -0.25) is 0 Å². The predicted molar refractivity (Wildman–Crippen MR) is 74.5 cm³/mol. The van der Waals surface area contributed by atoms with Crippen LogP contribution in [-0.2, 0) is 17.7 Å². The fraction of sp³-hybridized carbons (Fsp3) is 0.200. The molecule has 0 nitrogen and oxygen atoms in total. The Morgan fingerprint density at radius 3 is 1.95 bits per heavy atom. The van der Waals surface area contributed by atoms with Crippen LogP contribution in [0.25, 0.3) is 11.1 Å². The Balaban J connectivity index is 2.55.